The number of carbonyl (C=O) groups excluding carboxylic acids is 1. The summed E-state index contributed by atoms with van der Waals surface area (Å²) in [5.41, 5.74) is -0.0121. The van der Waals surface area contributed by atoms with Crippen LogP contribution < -0.4 is 4.74 Å². The highest BCUT2D eigenvalue weighted by molar-refractivity contribution is 5.96. The Bertz CT molecular complexity index is 700. The van der Waals surface area contributed by atoms with E-state index >= 15 is 0 Å². The van der Waals surface area contributed by atoms with E-state index in [9.17, 15) is 19.3 Å². The van der Waals surface area contributed by atoms with Crippen LogP contribution in [0.5, 0.6) is 11.5 Å². The van der Waals surface area contributed by atoms with Crippen LogP contribution in [0.25, 0.3) is 0 Å². The zero-order valence-electron chi connectivity index (χ0n) is 11.2. The van der Waals surface area contributed by atoms with Gasteiger partial charge in [0.15, 0.2) is 5.78 Å². The van der Waals surface area contributed by atoms with Crippen molar-refractivity contribution >= 4 is 11.5 Å². The molecule has 0 N–H and O–H groups in total. The molecular weight excluding hydrogens is 277 g/mol. The van der Waals surface area contributed by atoms with Crippen LogP contribution in [0.2, 0.25) is 0 Å². The van der Waals surface area contributed by atoms with Crippen molar-refractivity contribution in [2.45, 2.75) is 13.3 Å². The summed E-state index contributed by atoms with van der Waals surface area (Å²) in [7, 11) is 0. The molecule has 2 aromatic carbocycles. The summed E-state index contributed by atoms with van der Waals surface area (Å²) in [5.74, 6) is -0.579. The van der Waals surface area contributed by atoms with Gasteiger partial charge in [-0.05, 0) is 24.3 Å². The molecule has 0 aliphatic carbocycles. The van der Waals surface area contributed by atoms with Gasteiger partial charge in [-0.25, -0.2) is 4.39 Å². The highest BCUT2D eigenvalue weighted by Gasteiger charge is 2.17. The maximum Gasteiger partial charge on any atom is 0.314 e. The van der Waals surface area contributed by atoms with E-state index in [-0.39, 0.29) is 17.3 Å². The van der Waals surface area contributed by atoms with E-state index < -0.39 is 16.4 Å². The van der Waals surface area contributed by atoms with Gasteiger partial charge in [0, 0.05) is 12.0 Å². The monoisotopic (exact) mass is 289 g/mol. The number of halogens is 1. The third kappa shape index (κ3) is 3.42. The Balaban J connectivity index is 2.34. The molecule has 0 bridgehead atoms. The third-order valence-corrected chi connectivity index (χ3v) is 2.82. The molecule has 0 unspecified atom stereocenters. The minimum absolute atomic E-state index is 0.0611. The summed E-state index contributed by atoms with van der Waals surface area (Å²) in [6, 6.07) is 9.37. The quantitative estimate of drug-likeness (QED) is 0.471. The molecule has 0 saturated heterocycles. The fourth-order valence-corrected chi connectivity index (χ4v) is 1.78. The lowest BCUT2D eigenvalue weighted by Gasteiger charge is -2.07. The number of carbonyl (C=O) groups is 1. The van der Waals surface area contributed by atoms with Gasteiger partial charge in [-0.3, -0.25) is 14.9 Å². The van der Waals surface area contributed by atoms with Crippen molar-refractivity contribution in [3.8, 4) is 11.5 Å². The first-order valence-corrected chi connectivity index (χ1v) is 6.26. The lowest BCUT2D eigenvalue weighted by Crippen LogP contribution is -1.98. The van der Waals surface area contributed by atoms with Crippen LogP contribution in [0.3, 0.4) is 0 Å². The molecule has 5 nitrogen and oxygen atoms in total. The topological polar surface area (TPSA) is 69.4 Å². The predicted molar refractivity (Wildman–Crippen MR) is 74.2 cm³/mol. The molecule has 0 heterocycles. The molecule has 108 valence electrons. The molecule has 0 saturated carbocycles. The molecule has 0 atom stereocenters. The van der Waals surface area contributed by atoms with Crippen molar-refractivity contribution in [3.05, 3.63) is 64.0 Å². The van der Waals surface area contributed by atoms with Gasteiger partial charge < -0.3 is 4.74 Å². The third-order valence-electron chi connectivity index (χ3n) is 2.82. The van der Waals surface area contributed by atoms with Crippen molar-refractivity contribution in [1.82, 2.24) is 0 Å². The molecule has 0 aliphatic heterocycles. The number of nitro benzene ring substituents is 1. The molecule has 2 rings (SSSR count). The molecule has 0 fully saturated rings. The van der Waals surface area contributed by atoms with Crippen molar-refractivity contribution in [2.75, 3.05) is 0 Å². The van der Waals surface area contributed by atoms with Crippen molar-refractivity contribution in [1.29, 1.82) is 0 Å². The minimum atomic E-state index is -0.723. The predicted octanol–water partition coefficient (Wildman–Crippen LogP) is 4.12. The molecule has 0 spiro atoms. The molecule has 0 aliphatic rings. The number of ether oxygens (including phenoxy) is 1. The fourth-order valence-electron chi connectivity index (χ4n) is 1.78. The van der Waals surface area contributed by atoms with E-state index in [4.69, 9.17) is 4.74 Å². The molecule has 0 radical (unpaired) electrons. The number of hydrogen-bond acceptors (Lipinski definition) is 4. The van der Waals surface area contributed by atoms with Gasteiger partial charge in [-0.15, -0.1) is 0 Å². The van der Waals surface area contributed by atoms with Crippen LogP contribution in [0.1, 0.15) is 23.7 Å². The Hall–Kier alpha value is -2.76. The molecule has 21 heavy (non-hydrogen) atoms. The van der Waals surface area contributed by atoms with E-state index in [1.54, 1.807) is 25.1 Å². The zero-order valence-corrected chi connectivity index (χ0v) is 11.2. The lowest BCUT2D eigenvalue weighted by atomic mass is 10.1. The Kier molecular flexibility index (Phi) is 4.27. The van der Waals surface area contributed by atoms with Gasteiger partial charge in [0.05, 0.1) is 11.0 Å². The van der Waals surface area contributed by atoms with Crippen molar-refractivity contribution in [3.63, 3.8) is 0 Å². The Morgan fingerprint density at radius 3 is 2.71 bits per heavy atom. The number of benzene rings is 2. The molecule has 0 amide bonds. The average molecular weight is 289 g/mol. The van der Waals surface area contributed by atoms with Crippen LogP contribution in [-0.4, -0.2) is 10.7 Å². The lowest BCUT2D eigenvalue weighted by molar-refractivity contribution is -0.385. The van der Waals surface area contributed by atoms with Gasteiger partial charge in [-0.1, -0.05) is 19.1 Å². The molecule has 2 aromatic rings. The first-order valence-electron chi connectivity index (χ1n) is 6.26. The largest absolute Gasteiger partial charge is 0.450 e. The molecule has 6 heteroatoms. The SMILES string of the molecule is CCC(=O)c1cccc(Oc2ccc(F)cc2[N+](=O)[O-])c1. The summed E-state index contributed by atoms with van der Waals surface area (Å²) in [4.78, 5) is 21.8. The number of rotatable bonds is 5. The molecular formula is C15H12FNO4. The summed E-state index contributed by atoms with van der Waals surface area (Å²) >= 11 is 0. The highest BCUT2D eigenvalue weighted by Crippen LogP contribution is 2.32. The Labute approximate surface area is 120 Å². The number of nitrogens with zero attached hydrogens (tertiary/aromatic N) is 1. The van der Waals surface area contributed by atoms with Crippen LogP contribution in [-0.2, 0) is 0 Å². The van der Waals surface area contributed by atoms with E-state index in [2.05, 4.69) is 0 Å². The second-order valence-electron chi connectivity index (χ2n) is 4.28. The van der Waals surface area contributed by atoms with Gasteiger partial charge in [0.25, 0.3) is 0 Å². The number of ketones is 1. The standard InChI is InChI=1S/C15H12FNO4/c1-2-14(18)10-4-3-5-12(8-10)21-15-7-6-11(16)9-13(15)17(19)20/h3-9H,2H2,1H3. The highest BCUT2D eigenvalue weighted by atomic mass is 19.1. The van der Waals surface area contributed by atoms with E-state index in [1.807, 2.05) is 0 Å². The second kappa shape index (κ2) is 6.13. The second-order valence-corrected chi connectivity index (χ2v) is 4.28. The van der Waals surface area contributed by atoms with Crippen molar-refractivity contribution < 1.29 is 18.8 Å². The maximum absolute atomic E-state index is 13.1. The van der Waals surface area contributed by atoms with E-state index in [0.717, 1.165) is 12.1 Å². The average Bonchev–Trinajstić information content (AvgIpc) is 2.48. The number of Topliss-reactive ketones (excluding diaryl/α,β-unsaturated/α-hetero) is 1. The first kappa shape index (κ1) is 14.6. The van der Waals surface area contributed by atoms with Gasteiger partial charge in [-0.2, -0.15) is 0 Å². The number of hydrogen-bond donors (Lipinski definition) is 0. The van der Waals surface area contributed by atoms with E-state index in [1.165, 1.54) is 12.1 Å². The van der Waals surface area contributed by atoms with Crippen LogP contribution in [0.15, 0.2) is 42.5 Å². The maximum atomic E-state index is 13.1. The first-order chi connectivity index (χ1) is 10.0. The van der Waals surface area contributed by atoms with Crippen LogP contribution >= 0.6 is 0 Å². The summed E-state index contributed by atoms with van der Waals surface area (Å²) < 4.78 is 18.5. The molecule has 0 aromatic heterocycles. The van der Waals surface area contributed by atoms with Crippen LogP contribution in [0, 0.1) is 15.9 Å². The van der Waals surface area contributed by atoms with Gasteiger partial charge in [0.2, 0.25) is 5.75 Å². The number of nitro groups is 1. The van der Waals surface area contributed by atoms with E-state index in [0.29, 0.717) is 12.0 Å². The van der Waals surface area contributed by atoms with Crippen LogP contribution in [0.4, 0.5) is 10.1 Å². The van der Waals surface area contributed by atoms with Gasteiger partial charge >= 0.3 is 5.69 Å². The normalized spacial score (nSPS) is 10.2. The zero-order chi connectivity index (χ0) is 15.4. The summed E-state index contributed by atoms with van der Waals surface area (Å²) in [5, 5.41) is 10.9. The smallest absolute Gasteiger partial charge is 0.314 e. The summed E-state index contributed by atoms with van der Waals surface area (Å²) in [6.07, 6.45) is 0.347. The summed E-state index contributed by atoms with van der Waals surface area (Å²) in [6.45, 7) is 1.74. The Morgan fingerprint density at radius 1 is 1.29 bits per heavy atom. The Morgan fingerprint density at radius 2 is 2.05 bits per heavy atom. The fraction of sp³-hybridized carbons (Fsp3) is 0.133. The van der Waals surface area contributed by atoms with Gasteiger partial charge in [0.1, 0.15) is 11.6 Å². The van der Waals surface area contributed by atoms with Crippen molar-refractivity contribution in [2.24, 2.45) is 0 Å². The minimum Gasteiger partial charge on any atom is -0.450 e.